The lowest BCUT2D eigenvalue weighted by Crippen LogP contribution is -2.44. The van der Waals surface area contributed by atoms with E-state index < -0.39 is 22.0 Å². The third-order valence-corrected chi connectivity index (χ3v) is 6.00. The van der Waals surface area contributed by atoms with Crippen LogP contribution in [0.4, 0.5) is 5.69 Å². The fraction of sp³-hybridized carbons (Fsp3) is 0.500. The highest BCUT2D eigenvalue weighted by atomic mass is 32.2. The Kier molecular flexibility index (Phi) is 5.95. The lowest BCUT2D eigenvalue weighted by molar-refractivity contribution is -0.119. The lowest BCUT2D eigenvalue weighted by Gasteiger charge is -2.23. The summed E-state index contributed by atoms with van der Waals surface area (Å²) < 4.78 is 25.8. The maximum atomic E-state index is 12.4. The zero-order chi connectivity index (χ0) is 17.7. The fourth-order valence-electron chi connectivity index (χ4n) is 2.84. The number of rotatable bonds is 7. The number of amides is 2. The van der Waals surface area contributed by atoms with Gasteiger partial charge in [-0.1, -0.05) is 19.1 Å². The summed E-state index contributed by atoms with van der Waals surface area (Å²) >= 11 is 0. The van der Waals surface area contributed by atoms with E-state index in [9.17, 15) is 18.0 Å². The second-order valence-electron chi connectivity index (χ2n) is 5.91. The lowest BCUT2D eigenvalue weighted by atomic mass is 10.1. The normalized spacial score (nSPS) is 18.5. The Bertz CT molecular complexity index is 701. The van der Waals surface area contributed by atoms with Gasteiger partial charge in [0.05, 0.1) is 12.2 Å². The standard InChI is InChI=1S/C16H23N3O4S/c1-2-10-24(22,23)19-9-3-4-14(19)16(21)18-13-7-5-12(6-8-13)11-15(17)20/h5-8,14H,2-4,9-11H2,1H3,(H2,17,20)(H,18,21). The molecular formula is C16H23N3O4S. The molecule has 1 aliphatic rings. The Balaban J connectivity index is 2.04. The van der Waals surface area contributed by atoms with Crippen LogP contribution in [-0.2, 0) is 26.0 Å². The molecule has 1 aliphatic heterocycles. The molecule has 1 fully saturated rings. The number of carbonyl (C=O) groups excluding carboxylic acids is 2. The van der Waals surface area contributed by atoms with Crippen LogP contribution < -0.4 is 11.1 Å². The molecular weight excluding hydrogens is 330 g/mol. The summed E-state index contributed by atoms with van der Waals surface area (Å²) in [5, 5.41) is 2.75. The Morgan fingerprint density at radius 2 is 1.96 bits per heavy atom. The first-order valence-electron chi connectivity index (χ1n) is 8.01. The predicted octanol–water partition coefficient (Wildman–Crippen LogP) is 0.857. The third-order valence-electron chi connectivity index (χ3n) is 3.93. The smallest absolute Gasteiger partial charge is 0.242 e. The van der Waals surface area contributed by atoms with Gasteiger partial charge in [-0.2, -0.15) is 4.31 Å². The van der Waals surface area contributed by atoms with Crippen molar-refractivity contribution in [1.29, 1.82) is 0 Å². The van der Waals surface area contributed by atoms with Crippen molar-refractivity contribution in [1.82, 2.24) is 4.31 Å². The molecule has 0 radical (unpaired) electrons. The van der Waals surface area contributed by atoms with E-state index >= 15 is 0 Å². The summed E-state index contributed by atoms with van der Waals surface area (Å²) in [7, 11) is -3.40. The highest BCUT2D eigenvalue weighted by molar-refractivity contribution is 7.89. The van der Waals surface area contributed by atoms with Crippen LogP contribution in [0.1, 0.15) is 31.7 Å². The number of sulfonamides is 1. The van der Waals surface area contributed by atoms with Crippen molar-refractivity contribution < 1.29 is 18.0 Å². The molecule has 1 aromatic carbocycles. The van der Waals surface area contributed by atoms with Crippen molar-refractivity contribution in [2.24, 2.45) is 5.73 Å². The van der Waals surface area contributed by atoms with E-state index in [-0.39, 0.29) is 18.1 Å². The first-order valence-corrected chi connectivity index (χ1v) is 9.62. The zero-order valence-corrected chi connectivity index (χ0v) is 14.5. The minimum absolute atomic E-state index is 0.0542. The van der Waals surface area contributed by atoms with Crippen molar-refractivity contribution in [3.63, 3.8) is 0 Å². The van der Waals surface area contributed by atoms with Gasteiger partial charge in [0.1, 0.15) is 6.04 Å². The summed E-state index contributed by atoms with van der Waals surface area (Å²) in [5.74, 6) is -0.692. The van der Waals surface area contributed by atoms with Gasteiger partial charge >= 0.3 is 0 Å². The third kappa shape index (κ3) is 4.55. The maximum Gasteiger partial charge on any atom is 0.242 e. The van der Waals surface area contributed by atoms with Crippen LogP contribution in [0.3, 0.4) is 0 Å². The van der Waals surface area contributed by atoms with Crippen LogP contribution in [0.2, 0.25) is 0 Å². The van der Waals surface area contributed by atoms with E-state index in [2.05, 4.69) is 5.32 Å². The largest absolute Gasteiger partial charge is 0.369 e. The Hall–Kier alpha value is -1.93. The van der Waals surface area contributed by atoms with Gasteiger partial charge in [0.2, 0.25) is 21.8 Å². The summed E-state index contributed by atoms with van der Waals surface area (Å²) in [6.07, 6.45) is 1.86. The number of hydrogen-bond acceptors (Lipinski definition) is 4. The Labute approximate surface area is 142 Å². The molecule has 1 saturated heterocycles. The summed E-state index contributed by atoms with van der Waals surface area (Å²) in [6.45, 7) is 2.19. The predicted molar refractivity (Wildman–Crippen MR) is 91.8 cm³/mol. The topological polar surface area (TPSA) is 110 Å². The number of carbonyl (C=O) groups is 2. The molecule has 1 heterocycles. The van der Waals surface area contributed by atoms with Crippen LogP contribution in [-0.4, -0.2) is 42.9 Å². The molecule has 3 N–H and O–H groups in total. The van der Waals surface area contributed by atoms with E-state index in [0.29, 0.717) is 31.5 Å². The first kappa shape index (κ1) is 18.4. The van der Waals surface area contributed by atoms with Gasteiger partial charge in [-0.25, -0.2) is 8.42 Å². The van der Waals surface area contributed by atoms with Gasteiger partial charge in [-0.05, 0) is 37.0 Å². The van der Waals surface area contributed by atoms with Crippen LogP contribution in [0, 0.1) is 0 Å². The molecule has 24 heavy (non-hydrogen) atoms. The monoisotopic (exact) mass is 353 g/mol. The molecule has 2 rings (SSSR count). The molecule has 8 heteroatoms. The van der Waals surface area contributed by atoms with Gasteiger partial charge in [-0.3, -0.25) is 9.59 Å². The van der Waals surface area contributed by atoms with Crippen LogP contribution >= 0.6 is 0 Å². The zero-order valence-electron chi connectivity index (χ0n) is 13.7. The number of benzene rings is 1. The highest BCUT2D eigenvalue weighted by Crippen LogP contribution is 2.23. The van der Waals surface area contributed by atoms with Crippen molar-refractivity contribution in [2.75, 3.05) is 17.6 Å². The average Bonchev–Trinajstić information content (AvgIpc) is 2.99. The summed E-state index contributed by atoms with van der Waals surface area (Å²) in [6, 6.07) is 6.11. The maximum absolute atomic E-state index is 12.4. The number of anilines is 1. The number of nitrogens with one attached hydrogen (secondary N) is 1. The van der Waals surface area contributed by atoms with Gasteiger partial charge < -0.3 is 11.1 Å². The summed E-state index contributed by atoms with van der Waals surface area (Å²) in [5.41, 5.74) is 6.46. The molecule has 132 valence electrons. The number of primary amides is 1. The quantitative estimate of drug-likeness (QED) is 0.757. The molecule has 1 unspecified atom stereocenters. The minimum atomic E-state index is -3.40. The molecule has 1 aromatic rings. The van der Waals surface area contributed by atoms with Gasteiger partial charge in [0, 0.05) is 12.2 Å². The van der Waals surface area contributed by atoms with Crippen molar-refractivity contribution in [3.8, 4) is 0 Å². The number of hydrogen-bond donors (Lipinski definition) is 2. The molecule has 7 nitrogen and oxygen atoms in total. The van der Waals surface area contributed by atoms with Gasteiger partial charge in [0.25, 0.3) is 0 Å². The van der Waals surface area contributed by atoms with E-state index in [4.69, 9.17) is 5.73 Å². The molecule has 0 aliphatic carbocycles. The molecule has 1 atom stereocenters. The summed E-state index contributed by atoms with van der Waals surface area (Å²) in [4.78, 5) is 23.3. The second-order valence-corrected chi connectivity index (χ2v) is 7.96. The van der Waals surface area contributed by atoms with E-state index in [1.54, 1.807) is 31.2 Å². The highest BCUT2D eigenvalue weighted by Gasteiger charge is 2.37. The van der Waals surface area contributed by atoms with Crippen LogP contribution in [0.15, 0.2) is 24.3 Å². The average molecular weight is 353 g/mol. The minimum Gasteiger partial charge on any atom is -0.369 e. The van der Waals surface area contributed by atoms with Crippen molar-refractivity contribution in [2.45, 2.75) is 38.6 Å². The van der Waals surface area contributed by atoms with E-state index in [1.165, 1.54) is 4.31 Å². The molecule has 2 amide bonds. The van der Waals surface area contributed by atoms with Crippen LogP contribution in [0.5, 0.6) is 0 Å². The molecule has 0 saturated carbocycles. The van der Waals surface area contributed by atoms with Crippen molar-refractivity contribution in [3.05, 3.63) is 29.8 Å². The number of nitrogens with two attached hydrogens (primary N) is 1. The van der Waals surface area contributed by atoms with Gasteiger partial charge in [-0.15, -0.1) is 0 Å². The molecule has 0 bridgehead atoms. The van der Waals surface area contributed by atoms with E-state index in [1.807, 2.05) is 0 Å². The van der Waals surface area contributed by atoms with Crippen LogP contribution in [0.25, 0.3) is 0 Å². The molecule has 0 spiro atoms. The number of nitrogens with zero attached hydrogens (tertiary/aromatic N) is 1. The fourth-order valence-corrected chi connectivity index (χ4v) is 4.59. The Morgan fingerprint density at radius 3 is 2.54 bits per heavy atom. The second kappa shape index (κ2) is 7.76. The van der Waals surface area contributed by atoms with E-state index in [0.717, 1.165) is 5.56 Å². The van der Waals surface area contributed by atoms with Gasteiger partial charge in [0.15, 0.2) is 0 Å². The molecule has 0 aromatic heterocycles. The van der Waals surface area contributed by atoms with Crippen molar-refractivity contribution >= 4 is 27.5 Å². The Morgan fingerprint density at radius 1 is 1.29 bits per heavy atom. The SMILES string of the molecule is CCCS(=O)(=O)N1CCCC1C(=O)Nc1ccc(CC(N)=O)cc1. The first-order chi connectivity index (χ1) is 11.3.